The second kappa shape index (κ2) is 5.87. The van der Waals surface area contributed by atoms with Crippen molar-refractivity contribution in [1.82, 2.24) is 0 Å². The Morgan fingerprint density at radius 1 is 0.900 bits per heavy atom. The molecule has 0 amide bonds. The third-order valence-corrected chi connectivity index (χ3v) is 3.78. The van der Waals surface area contributed by atoms with Crippen molar-refractivity contribution < 1.29 is 14.3 Å². The molecule has 0 saturated heterocycles. The van der Waals surface area contributed by atoms with Crippen molar-refractivity contribution in [2.45, 2.75) is 0 Å². The lowest BCUT2D eigenvalue weighted by molar-refractivity contribution is -0.115. The van der Waals surface area contributed by atoms with Gasteiger partial charge in [-0.25, -0.2) is 0 Å². The van der Waals surface area contributed by atoms with E-state index >= 15 is 0 Å². The highest BCUT2D eigenvalue weighted by atomic mass is 35.5. The Kier molecular flexibility index (Phi) is 4.38. The van der Waals surface area contributed by atoms with Gasteiger partial charge in [-0.15, -0.1) is 0 Å². The number of methoxy groups -OCH3 is 1. The number of allylic oxidation sites excluding steroid dienone is 3. The van der Waals surface area contributed by atoms with Crippen molar-refractivity contribution in [2.75, 3.05) is 12.4 Å². The van der Waals surface area contributed by atoms with Crippen LogP contribution < -0.4 is 10.1 Å². The lowest BCUT2D eigenvalue weighted by Gasteiger charge is -2.16. The van der Waals surface area contributed by atoms with Crippen LogP contribution in [-0.4, -0.2) is 18.7 Å². The molecule has 0 radical (unpaired) electrons. The van der Waals surface area contributed by atoms with E-state index in [1.165, 1.54) is 7.11 Å². The molecule has 1 aromatic rings. The van der Waals surface area contributed by atoms with Crippen LogP contribution in [0.2, 0.25) is 0 Å². The van der Waals surface area contributed by atoms with Crippen molar-refractivity contribution in [1.29, 1.82) is 0 Å². The summed E-state index contributed by atoms with van der Waals surface area (Å²) in [4.78, 5) is 23.7. The largest absolute Gasteiger partial charge is 0.497 e. The van der Waals surface area contributed by atoms with Gasteiger partial charge in [0.25, 0.3) is 0 Å². The van der Waals surface area contributed by atoms with Crippen LogP contribution in [0.1, 0.15) is 0 Å². The first-order valence-corrected chi connectivity index (χ1v) is 6.54. The van der Waals surface area contributed by atoms with Crippen molar-refractivity contribution in [3.05, 3.63) is 45.1 Å². The van der Waals surface area contributed by atoms with E-state index in [2.05, 4.69) is 5.32 Å². The van der Waals surface area contributed by atoms with Gasteiger partial charge in [-0.2, -0.15) is 0 Å². The summed E-state index contributed by atoms with van der Waals surface area (Å²) < 4.78 is 5.02. The summed E-state index contributed by atoms with van der Waals surface area (Å²) in [6, 6.07) is 6.72. The van der Waals surface area contributed by atoms with Crippen LogP contribution in [0.25, 0.3) is 0 Å². The molecule has 4 nitrogen and oxygen atoms in total. The zero-order valence-corrected chi connectivity index (χ0v) is 12.4. The number of anilines is 1. The number of halogens is 3. The van der Waals surface area contributed by atoms with E-state index in [0.29, 0.717) is 11.4 Å². The summed E-state index contributed by atoms with van der Waals surface area (Å²) in [5.41, 5.74) is 0.457. The fourth-order valence-electron chi connectivity index (χ4n) is 1.55. The van der Waals surface area contributed by atoms with Crippen molar-refractivity contribution in [3.63, 3.8) is 0 Å². The lowest BCUT2D eigenvalue weighted by atomic mass is 10.1. The first-order chi connectivity index (χ1) is 9.45. The van der Waals surface area contributed by atoms with Gasteiger partial charge in [0, 0.05) is 5.69 Å². The van der Waals surface area contributed by atoms with Crippen LogP contribution in [0.15, 0.2) is 45.1 Å². The van der Waals surface area contributed by atoms with E-state index < -0.39 is 11.6 Å². The normalized spacial score (nSPS) is 15.8. The molecule has 104 valence electrons. The highest BCUT2D eigenvalue weighted by molar-refractivity contribution is 6.64. The van der Waals surface area contributed by atoms with Crippen LogP contribution >= 0.6 is 34.8 Å². The molecule has 0 aromatic heterocycles. The minimum atomic E-state index is -0.686. The molecule has 2 rings (SSSR count). The number of rotatable bonds is 3. The van der Waals surface area contributed by atoms with Crippen LogP contribution in [0.5, 0.6) is 5.75 Å². The molecule has 0 saturated carbocycles. The summed E-state index contributed by atoms with van der Waals surface area (Å²) in [7, 11) is 1.54. The third-order valence-electron chi connectivity index (χ3n) is 2.60. The van der Waals surface area contributed by atoms with E-state index in [-0.39, 0.29) is 20.8 Å². The highest BCUT2D eigenvalue weighted by Gasteiger charge is 2.32. The Balaban J connectivity index is 2.32. The van der Waals surface area contributed by atoms with E-state index in [9.17, 15) is 9.59 Å². The molecular formula is C13H8Cl3NO3. The average molecular weight is 333 g/mol. The smallest absolute Gasteiger partial charge is 0.223 e. The molecule has 0 spiro atoms. The molecule has 0 heterocycles. The van der Waals surface area contributed by atoms with Crippen molar-refractivity contribution in [2.24, 2.45) is 0 Å². The number of Topliss-reactive ketones (excluding diaryl/α,β-unsaturated/α-hetero) is 2. The number of ether oxygens (including phenoxy) is 1. The van der Waals surface area contributed by atoms with Gasteiger partial charge in [-0.1, -0.05) is 34.8 Å². The molecule has 1 aromatic carbocycles. The van der Waals surface area contributed by atoms with Crippen molar-refractivity contribution in [3.8, 4) is 5.75 Å². The quantitative estimate of drug-likeness (QED) is 0.862. The molecule has 7 heteroatoms. The average Bonchev–Trinajstić information content (AvgIpc) is 2.48. The molecule has 1 N–H and O–H groups in total. The van der Waals surface area contributed by atoms with Gasteiger partial charge in [-0.05, 0) is 24.3 Å². The first kappa shape index (κ1) is 14.9. The summed E-state index contributed by atoms with van der Waals surface area (Å²) in [5, 5.41) is 1.74. The topological polar surface area (TPSA) is 55.4 Å². The molecule has 1 aliphatic rings. The maximum absolute atomic E-state index is 12.0. The van der Waals surface area contributed by atoms with Crippen LogP contribution in [0.4, 0.5) is 5.69 Å². The van der Waals surface area contributed by atoms with Crippen molar-refractivity contribution >= 4 is 52.1 Å². The van der Waals surface area contributed by atoms with Gasteiger partial charge in [0.1, 0.15) is 26.5 Å². The number of hydrogen-bond donors (Lipinski definition) is 1. The molecule has 0 bridgehead atoms. The fourth-order valence-corrected chi connectivity index (χ4v) is 2.19. The van der Waals surface area contributed by atoms with Crippen LogP contribution in [0.3, 0.4) is 0 Å². The van der Waals surface area contributed by atoms with E-state index in [4.69, 9.17) is 39.5 Å². The molecular weight excluding hydrogens is 325 g/mol. The second-order valence-corrected chi connectivity index (χ2v) is 4.96. The van der Waals surface area contributed by atoms with E-state index in [0.717, 1.165) is 0 Å². The fraction of sp³-hybridized carbons (Fsp3) is 0.0769. The zero-order valence-electron chi connectivity index (χ0n) is 10.2. The number of carbonyl (C=O) groups excluding carboxylic acids is 2. The summed E-state index contributed by atoms with van der Waals surface area (Å²) in [5.74, 6) is -0.659. The Bertz CT molecular complexity index is 647. The van der Waals surface area contributed by atoms with Gasteiger partial charge in [0.2, 0.25) is 11.6 Å². The summed E-state index contributed by atoms with van der Waals surface area (Å²) in [6.07, 6.45) is 0. The Morgan fingerprint density at radius 3 is 2.00 bits per heavy atom. The maximum Gasteiger partial charge on any atom is 0.223 e. The zero-order chi connectivity index (χ0) is 14.9. The van der Waals surface area contributed by atoms with Crippen LogP contribution in [0, 0.1) is 0 Å². The third kappa shape index (κ3) is 2.68. The molecule has 1 aliphatic carbocycles. The van der Waals surface area contributed by atoms with Gasteiger partial charge >= 0.3 is 0 Å². The number of nitrogens with one attached hydrogen (secondary N) is 1. The minimum absolute atomic E-state index is 0.101. The van der Waals surface area contributed by atoms with Gasteiger partial charge < -0.3 is 10.1 Å². The predicted molar refractivity (Wildman–Crippen MR) is 78.2 cm³/mol. The first-order valence-electron chi connectivity index (χ1n) is 5.41. The monoisotopic (exact) mass is 331 g/mol. The number of hydrogen-bond acceptors (Lipinski definition) is 4. The lowest BCUT2D eigenvalue weighted by Crippen LogP contribution is -2.22. The predicted octanol–water partition coefficient (Wildman–Crippen LogP) is 3.40. The number of benzene rings is 1. The second-order valence-electron chi connectivity index (χ2n) is 3.83. The molecule has 0 aliphatic heterocycles. The van der Waals surface area contributed by atoms with E-state index in [1.807, 2.05) is 0 Å². The van der Waals surface area contributed by atoms with Crippen LogP contribution in [-0.2, 0) is 9.59 Å². The van der Waals surface area contributed by atoms with Gasteiger partial charge in [0.05, 0.1) is 7.11 Å². The summed E-state index contributed by atoms with van der Waals surface area (Å²) >= 11 is 17.2. The SMILES string of the molecule is COc1ccc(NC2=C(Cl)C(=O)C(Cl)=C(Cl)C2=O)cc1. The number of ketones is 2. The molecule has 20 heavy (non-hydrogen) atoms. The number of carbonyl (C=O) groups is 2. The van der Waals surface area contributed by atoms with Gasteiger partial charge in [-0.3, -0.25) is 9.59 Å². The Hall–Kier alpha value is -1.49. The van der Waals surface area contributed by atoms with E-state index in [1.54, 1.807) is 24.3 Å². The molecule has 0 fully saturated rings. The highest BCUT2D eigenvalue weighted by Crippen LogP contribution is 2.32. The molecule has 0 atom stereocenters. The summed E-state index contributed by atoms with van der Waals surface area (Å²) in [6.45, 7) is 0. The minimum Gasteiger partial charge on any atom is -0.497 e. The van der Waals surface area contributed by atoms with Gasteiger partial charge in [0.15, 0.2) is 0 Å². The maximum atomic E-state index is 12.0. The Labute approximate surface area is 129 Å². The molecule has 0 unspecified atom stereocenters. The Morgan fingerprint density at radius 2 is 1.45 bits per heavy atom. The standard InChI is InChI=1S/C13H8Cl3NO3/c1-20-7-4-2-6(3-5-7)17-11-10(16)12(18)8(14)9(15)13(11)19/h2-5,17H,1H3.